The maximum Gasteiger partial charge on any atom is 0.118 e. The first kappa shape index (κ1) is 15.4. The van der Waals surface area contributed by atoms with Crippen molar-refractivity contribution in [1.29, 1.82) is 0 Å². The normalized spacial score (nSPS) is 18.9. The van der Waals surface area contributed by atoms with E-state index < -0.39 is 0 Å². The number of aryl methyl sites for hydroxylation is 1. The summed E-state index contributed by atoms with van der Waals surface area (Å²) in [5, 5.41) is 3.73. The van der Waals surface area contributed by atoms with E-state index in [0.29, 0.717) is 11.5 Å². The Hall–Kier alpha value is -1.02. The number of ether oxygens (including phenoxy) is 1. The van der Waals surface area contributed by atoms with Crippen LogP contribution in [-0.4, -0.2) is 19.7 Å². The second-order valence-electron chi connectivity index (χ2n) is 6.69. The molecule has 1 aromatic rings. The zero-order valence-electron chi connectivity index (χ0n) is 13.2. The molecule has 1 fully saturated rings. The van der Waals surface area contributed by atoms with E-state index in [1.807, 2.05) is 12.1 Å². The van der Waals surface area contributed by atoms with Gasteiger partial charge in [0.1, 0.15) is 5.75 Å². The van der Waals surface area contributed by atoms with Gasteiger partial charge < -0.3 is 10.1 Å². The van der Waals surface area contributed by atoms with Gasteiger partial charge in [-0.1, -0.05) is 31.9 Å². The molecule has 112 valence electrons. The number of methoxy groups -OCH3 is 1. The molecule has 2 rings (SSSR count). The topological polar surface area (TPSA) is 21.3 Å². The van der Waals surface area contributed by atoms with Gasteiger partial charge in [0.2, 0.25) is 0 Å². The predicted octanol–water partition coefficient (Wildman–Crippen LogP) is 4.19. The average molecular weight is 275 g/mol. The third-order valence-corrected chi connectivity index (χ3v) is 4.71. The lowest BCUT2D eigenvalue weighted by molar-refractivity contribution is 0.297. The Morgan fingerprint density at radius 1 is 1.20 bits per heavy atom. The highest BCUT2D eigenvalue weighted by atomic mass is 16.5. The molecule has 1 unspecified atom stereocenters. The van der Waals surface area contributed by atoms with Crippen molar-refractivity contribution >= 4 is 0 Å². The Kier molecular flexibility index (Phi) is 5.47. The minimum atomic E-state index is 0.550. The van der Waals surface area contributed by atoms with Crippen LogP contribution in [0.25, 0.3) is 0 Å². The van der Waals surface area contributed by atoms with Crippen molar-refractivity contribution in [2.75, 3.05) is 13.7 Å². The molecule has 0 aromatic heterocycles. The van der Waals surface area contributed by atoms with Crippen molar-refractivity contribution in [3.8, 4) is 5.75 Å². The van der Waals surface area contributed by atoms with E-state index in [1.165, 1.54) is 44.2 Å². The lowest BCUT2D eigenvalue weighted by Gasteiger charge is -2.26. The number of nitrogens with one attached hydrogen (secondary N) is 1. The van der Waals surface area contributed by atoms with Crippen molar-refractivity contribution in [3.05, 3.63) is 29.8 Å². The lowest BCUT2D eigenvalue weighted by atomic mass is 9.88. The molecule has 1 N–H and O–H groups in total. The summed E-state index contributed by atoms with van der Waals surface area (Å²) in [4.78, 5) is 0. The van der Waals surface area contributed by atoms with E-state index in [-0.39, 0.29) is 0 Å². The van der Waals surface area contributed by atoms with Gasteiger partial charge in [-0.2, -0.15) is 0 Å². The van der Waals surface area contributed by atoms with E-state index in [4.69, 9.17) is 4.74 Å². The molecule has 0 spiro atoms. The van der Waals surface area contributed by atoms with Crippen LogP contribution in [0.1, 0.15) is 51.5 Å². The van der Waals surface area contributed by atoms with E-state index >= 15 is 0 Å². The molecular formula is C18H29NO. The Morgan fingerprint density at radius 2 is 1.85 bits per heavy atom. The zero-order valence-corrected chi connectivity index (χ0v) is 13.2. The Balaban J connectivity index is 1.70. The van der Waals surface area contributed by atoms with Crippen LogP contribution in [0.3, 0.4) is 0 Å². The highest BCUT2D eigenvalue weighted by Crippen LogP contribution is 2.36. The van der Waals surface area contributed by atoms with Gasteiger partial charge in [0.05, 0.1) is 7.11 Å². The summed E-state index contributed by atoms with van der Waals surface area (Å²) < 4.78 is 5.19. The fourth-order valence-corrected chi connectivity index (χ4v) is 3.10. The molecule has 1 atom stereocenters. The summed E-state index contributed by atoms with van der Waals surface area (Å²) in [7, 11) is 1.71. The first-order valence-corrected chi connectivity index (χ1v) is 7.98. The molecule has 1 saturated carbocycles. The van der Waals surface area contributed by atoms with Gasteiger partial charge in [0, 0.05) is 12.6 Å². The highest BCUT2D eigenvalue weighted by molar-refractivity contribution is 5.27. The van der Waals surface area contributed by atoms with Gasteiger partial charge in [0.25, 0.3) is 0 Å². The molecule has 1 aliphatic carbocycles. The predicted molar refractivity (Wildman–Crippen MR) is 85.4 cm³/mol. The van der Waals surface area contributed by atoms with Crippen LogP contribution in [0.2, 0.25) is 0 Å². The molecule has 0 bridgehead atoms. The Bertz CT molecular complexity index is 392. The molecule has 0 heterocycles. The third-order valence-electron chi connectivity index (χ3n) is 4.71. The Morgan fingerprint density at radius 3 is 2.45 bits per heavy atom. The largest absolute Gasteiger partial charge is 0.497 e. The van der Waals surface area contributed by atoms with Crippen molar-refractivity contribution in [3.63, 3.8) is 0 Å². The number of hydrogen-bond acceptors (Lipinski definition) is 2. The van der Waals surface area contributed by atoms with Crippen molar-refractivity contribution in [1.82, 2.24) is 5.32 Å². The molecular weight excluding hydrogens is 246 g/mol. The van der Waals surface area contributed by atoms with Gasteiger partial charge >= 0.3 is 0 Å². The summed E-state index contributed by atoms with van der Waals surface area (Å²) in [5.74, 6) is 0.939. The molecule has 0 radical (unpaired) electrons. The average Bonchev–Trinajstić information content (AvgIpc) is 2.91. The molecule has 1 aliphatic rings. The smallest absolute Gasteiger partial charge is 0.118 e. The second-order valence-corrected chi connectivity index (χ2v) is 6.69. The summed E-state index contributed by atoms with van der Waals surface area (Å²) in [5.41, 5.74) is 1.94. The third kappa shape index (κ3) is 4.52. The maximum absolute atomic E-state index is 5.19. The highest BCUT2D eigenvalue weighted by Gasteiger charge is 2.28. The van der Waals surface area contributed by atoms with Gasteiger partial charge in [-0.3, -0.25) is 0 Å². The molecule has 0 saturated heterocycles. The van der Waals surface area contributed by atoms with Crippen LogP contribution < -0.4 is 10.1 Å². The van der Waals surface area contributed by atoms with Crippen LogP contribution in [0.4, 0.5) is 0 Å². The van der Waals surface area contributed by atoms with Crippen LogP contribution in [0, 0.1) is 5.41 Å². The van der Waals surface area contributed by atoms with E-state index in [1.54, 1.807) is 7.11 Å². The van der Waals surface area contributed by atoms with Gasteiger partial charge in [-0.05, 0) is 55.7 Å². The maximum atomic E-state index is 5.19. The second kappa shape index (κ2) is 7.12. The number of hydrogen-bond donors (Lipinski definition) is 1. The van der Waals surface area contributed by atoms with Crippen LogP contribution in [-0.2, 0) is 6.42 Å². The molecule has 0 aliphatic heterocycles. The fourth-order valence-electron chi connectivity index (χ4n) is 3.10. The Labute approximate surface area is 123 Å². The monoisotopic (exact) mass is 275 g/mol. The van der Waals surface area contributed by atoms with Crippen molar-refractivity contribution in [2.24, 2.45) is 5.41 Å². The summed E-state index contributed by atoms with van der Waals surface area (Å²) in [6.07, 6.45) is 7.95. The molecule has 0 amide bonds. The van der Waals surface area contributed by atoms with Gasteiger partial charge in [0.15, 0.2) is 0 Å². The first-order valence-electron chi connectivity index (χ1n) is 7.98. The minimum Gasteiger partial charge on any atom is -0.497 e. The van der Waals surface area contributed by atoms with E-state index in [2.05, 4.69) is 31.3 Å². The lowest BCUT2D eigenvalue weighted by Crippen LogP contribution is -2.35. The summed E-state index contributed by atoms with van der Waals surface area (Å²) in [6, 6.07) is 9.03. The van der Waals surface area contributed by atoms with E-state index in [0.717, 1.165) is 12.2 Å². The van der Waals surface area contributed by atoms with Crippen LogP contribution in [0.5, 0.6) is 5.75 Å². The first-order chi connectivity index (χ1) is 9.61. The molecule has 20 heavy (non-hydrogen) atoms. The molecule has 2 nitrogen and oxygen atoms in total. The summed E-state index contributed by atoms with van der Waals surface area (Å²) in [6.45, 7) is 5.92. The van der Waals surface area contributed by atoms with E-state index in [9.17, 15) is 0 Å². The summed E-state index contributed by atoms with van der Waals surface area (Å²) >= 11 is 0. The quantitative estimate of drug-likeness (QED) is 0.806. The van der Waals surface area contributed by atoms with Gasteiger partial charge in [-0.15, -0.1) is 0 Å². The molecule has 1 aromatic carbocycles. The van der Waals surface area contributed by atoms with Crippen molar-refractivity contribution < 1.29 is 4.74 Å². The standard InChI is InChI=1S/C18H29NO/c1-15(19-14-18(2)12-4-5-13-18)6-7-16-8-10-17(20-3)11-9-16/h8-11,15,19H,4-7,12-14H2,1-3H3. The van der Waals surface area contributed by atoms with Gasteiger partial charge in [-0.25, -0.2) is 0 Å². The van der Waals surface area contributed by atoms with Crippen LogP contribution >= 0.6 is 0 Å². The molecule has 2 heteroatoms. The fraction of sp³-hybridized carbons (Fsp3) is 0.667. The number of rotatable bonds is 7. The van der Waals surface area contributed by atoms with Crippen molar-refractivity contribution in [2.45, 2.75) is 58.4 Å². The zero-order chi connectivity index (χ0) is 14.4. The van der Waals surface area contributed by atoms with Crippen LogP contribution in [0.15, 0.2) is 24.3 Å². The SMILES string of the molecule is COc1ccc(CCC(C)NCC2(C)CCCC2)cc1. The number of benzene rings is 1. The minimum absolute atomic E-state index is 0.550.